The third kappa shape index (κ3) is 3.17. The van der Waals surface area contributed by atoms with Crippen molar-refractivity contribution in [1.82, 2.24) is 25.0 Å². The van der Waals surface area contributed by atoms with Crippen molar-refractivity contribution in [3.8, 4) is 11.5 Å². The molecule has 1 saturated carbocycles. The molecule has 10 heteroatoms. The predicted molar refractivity (Wildman–Crippen MR) is 83.5 cm³/mol. The summed E-state index contributed by atoms with van der Waals surface area (Å²) >= 11 is 3.06. The number of halogens is 4. The van der Waals surface area contributed by atoms with Gasteiger partial charge >= 0.3 is 6.18 Å². The summed E-state index contributed by atoms with van der Waals surface area (Å²) in [5.41, 5.74) is 0.285. The fourth-order valence-corrected chi connectivity index (χ4v) is 3.39. The number of nitrogens with zero attached hydrogens (tertiary/aromatic N) is 5. The van der Waals surface area contributed by atoms with Crippen LogP contribution in [0.1, 0.15) is 36.0 Å². The molecular weight excluding hydrogens is 403 g/mol. The van der Waals surface area contributed by atoms with E-state index in [1.54, 1.807) is 24.5 Å². The average molecular weight is 414 g/mol. The topological polar surface area (TPSA) is 69.6 Å². The van der Waals surface area contributed by atoms with E-state index in [0.717, 1.165) is 12.8 Å². The molecule has 0 bridgehead atoms. The molecule has 3 aromatic heterocycles. The van der Waals surface area contributed by atoms with Crippen LogP contribution in [-0.2, 0) is 12.7 Å². The van der Waals surface area contributed by atoms with Crippen LogP contribution >= 0.6 is 15.9 Å². The number of pyridine rings is 1. The largest absolute Gasteiger partial charge is 0.436 e. The summed E-state index contributed by atoms with van der Waals surface area (Å²) in [6.07, 6.45) is 0.335. The molecule has 0 aliphatic heterocycles. The zero-order valence-corrected chi connectivity index (χ0v) is 14.3. The quantitative estimate of drug-likeness (QED) is 0.645. The highest BCUT2D eigenvalue weighted by Gasteiger charge is 2.41. The lowest BCUT2D eigenvalue weighted by atomic mass is 10.2. The Hall–Kier alpha value is -2.23. The van der Waals surface area contributed by atoms with Crippen LogP contribution in [0.15, 0.2) is 33.4 Å². The molecule has 0 amide bonds. The van der Waals surface area contributed by atoms with Crippen LogP contribution in [0, 0.1) is 0 Å². The van der Waals surface area contributed by atoms with Crippen LogP contribution in [0.5, 0.6) is 0 Å². The van der Waals surface area contributed by atoms with Gasteiger partial charge in [-0.1, -0.05) is 0 Å². The van der Waals surface area contributed by atoms with Crippen LogP contribution in [0.2, 0.25) is 0 Å². The van der Waals surface area contributed by atoms with E-state index in [1.807, 2.05) is 0 Å². The van der Waals surface area contributed by atoms with Gasteiger partial charge in [0.05, 0.1) is 10.2 Å². The van der Waals surface area contributed by atoms with Crippen LogP contribution in [0.3, 0.4) is 0 Å². The minimum Gasteiger partial charge on any atom is -0.419 e. The summed E-state index contributed by atoms with van der Waals surface area (Å²) in [6.45, 7) is -0.0153. The predicted octanol–water partition coefficient (Wildman–Crippen LogP) is 4.04. The molecule has 0 aromatic carbocycles. The highest BCUT2D eigenvalue weighted by Crippen LogP contribution is 2.47. The fraction of sp³-hybridized carbons (Fsp3) is 0.333. The van der Waals surface area contributed by atoms with Gasteiger partial charge in [-0.3, -0.25) is 9.67 Å². The normalized spacial score (nSPS) is 14.9. The van der Waals surface area contributed by atoms with Gasteiger partial charge in [-0.25, -0.2) is 0 Å². The van der Waals surface area contributed by atoms with E-state index in [9.17, 15) is 13.2 Å². The molecular formula is C15H11BrF3N5O. The zero-order chi connectivity index (χ0) is 17.6. The molecule has 0 atom stereocenters. The van der Waals surface area contributed by atoms with Gasteiger partial charge in [0.1, 0.15) is 6.54 Å². The summed E-state index contributed by atoms with van der Waals surface area (Å²) in [4.78, 5) is 3.90. The molecule has 6 nitrogen and oxygen atoms in total. The van der Waals surface area contributed by atoms with E-state index in [-0.39, 0.29) is 28.7 Å². The molecule has 3 heterocycles. The first-order valence-corrected chi connectivity index (χ1v) is 8.29. The lowest BCUT2D eigenvalue weighted by Gasteiger charge is -2.03. The highest BCUT2D eigenvalue weighted by molar-refractivity contribution is 9.10. The minimum atomic E-state index is -4.52. The third-order valence-corrected chi connectivity index (χ3v) is 4.63. The molecule has 3 aromatic rings. The van der Waals surface area contributed by atoms with E-state index in [2.05, 4.69) is 36.2 Å². The summed E-state index contributed by atoms with van der Waals surface area (Å²) in [6, 6.07) is 3.42. The van der Waals surface area contributed by atoms with Gasteiger partial charge in [-0.15, -0.1) is 10.2 Å². The maximum Gasteiger partial charge on any atom is 0.436 e. The van der Waals surface area contributed by atoms with Gasteiger partial charge < -0.3 is 4.42 Å². The Bertz CT molecular complexity index is 902. The third-order valence-electron chi connectivity index (χ3n) is 3.84. The lowest BCUT2D eigenvalue weighted by Crippen LogP contribution is -2.10. The fourth-order valence-electron chi connectivity index (χ4n) is 2.56. The Morgan fingerprint density at radius 2 is 1.92 bits per heavy atom. The number of hydrogen-bond acceptors (Lipinski definition) is 5. The number of hydrogen-bond donors (Lipinski definition) is 0. The summed E-state index contributed by atoms with van der Waals surface area (Å²) in [5.74, 6) is 0.547. The highest BCUT2D eigenvalue weighted by atomic mass is 79.9. The molecule has 0 unspecified atom stereocenters. The Morgan fingerprint density at radius 3 is 2.56 bits per heavy atom. The van der Waals surface area contributed by atoms with Crippen LogP contribution < -0.4 is 0 Å². The van der Waals surface area contributed by atoms with Crippen LogP contribution in [0.4, 0.5) is 13.2 Å². The van der Waals surface area contributed by atoms with Crippen molar-refractivity contribution in [3.05, 3.63) is 46.3 Å². The minimum absolute atomic E-state index is 0.00336. The summed E-state index contributed by atoms with van der Waals surface area (Å²) in [5, 5.41) is 11.6. The van der Waals surface area contributed by atoms with Crippen molar-refractivity contribution >= 4 is 15.9 Å². The molecule has 0 saturated heterocycles. The Balaban J connectivity index is 1.66. The first-order chi connectivity index (χ1) is 11.9. The van der Waals surface area contributed by atoms with Gasteiger partial charge in [0.15, 0.2) is 5.69 Å². The van der Waals surface area contributed by atoms with E-state index in [4.69, 9.17) is 4.42 Å². The average Bonchev–Trinajstić information content (AvgIpc) is 3.19. The van der Waals surface area contributed by atoms with Crippen molar-refractivity contribution in [2.75, 3.05) is 0 Å². The maximum atomic E-state index is 13.1. The van der Waals surface area contributed by atoms with E-state index < -0.39 is 11.9 Å². The second-order valence-electron chi connectivity index (χ2n) is 5.71. The van der Waals surface area contributed by atoms with Crippen molar-refractivity contribution in [2.24, 2.45) is 0 Å². The molecule has 0 radical (unpaired) electrons. The first-order valence-electron chi connectivity index (χ1n) is 7.49. The number of alkyl halides is 3. The SMILES string of the molecule is FC(F)(F)c1nn(Cc2nnc(-c3ccncc3)o2)c(C2CC2)c1Br. The molecule has 0 spiro atoms. The Morgan fingerprint density at radius 1 is 1.20 bits per heavy atom. The van der Waals surface area contributed by atoms with Crippen molar-refractivity contribution in [3.63, 3.8) is 0 Å². The van der Waals surface area contributed by atoms with Crippen molar-refractivity contribution in [2.45, 2.75) is 31.5 Å². The van der Waals surface area contributed by atoms with Gasteiger partial charge in [0.2, 0.25) is 11.8 Å². The van der Waals surface area contributed by atoms with Gasteiger partial charge in [-0.05, 0) is 40.9 Å². The van der Waals surface area contributed by atoms with Gasteiger partial charge in [0.25, 0.3) is 0 Å². The second-order valence-corrected chi connectivity index (χ2v) is 6.51. The van der Waals surface area contributed by atoms with Crippen molar-refractivity contribution in [1.29, 1.82) is 0 Å². The zero-order valence-electron chi connectivity index (χ0n) is 12.7. The Kier molecular flexibility index (Phi) is 3.86. The van der Waals surface area contributed by atoms with E-state index in [0.29, 0.717) is 11.3 Å². The van der Waals surface area contributed by atoms with Crippen LogP contribution in [-0.4, -0.2) is 25.0 Å². The maximum absolute atomic E-state index is 13.1. The van der Waals surface area contributed by atoms with E-state index >= 15 is 0 Å². The molecule has 25 heavy (non-hydrogen) atoms. The smallest absolute Gasteiger partial charge is 0.419 e. The van der Waals surface area contributed by atoms with Crippen molar-refractivity contribution < 1.29 is 17.6 Å². The molecule has 0 N–H and O–H groups in total. The van der Waals surface area contributed by atoms with E-state index in [1.165, 1.54) is 4.68 Å². The summed E-state index contributed by atoms with van der Waals surface area (Å²) in [7, 11) is 0. The molecule has 130 valence electrons. The lowest BCUT2D eigenvalue weighted by molar-refractivity contribution is -0.142. The standard InChI is InChI=1S/C15H11BrF3N5O/c16-11-12(8-1-2-8)24(23-13(11)15(17,18)19)7-10-21-22-14(25-10)9-3-5-20-6-4-9/h3-6,8H,1-2,7H2. The van der Waals surface area contributed by atoms with Gasteiger partial charge in [0, 0.05) is 23.9 Å². The summed E-state index contributed by atoms with van der Waals surface area (Å²) < 4.78 is 46.2. The number of rotatable bonds is 4. The first kappa shape index (κ1) is 16.2. The molecule has 1 fully saturated rings. The second kappa shape index (κ2) is 5.94. The number of aromatic nitrogens is 5. The molecule has 1 aliphatic carbocycles. The van der Waals surface area contributed by atoms with Gasteiger partial charge in [-0.2, -0.15) is 18.3 Å². The monoisotopic (exact) mass is 413 g/mol. The van der Waals surface area contributed by atoms with Crippen LogP contribution in [0.25, 0.3) is 11.5 Å². The molecule has 4 rings (SSSR count). The Labute approximate surface area is 148 Å². The molecule has 1 aliphatic rings.